The van der Waals surface area contributed by atoms with Crippen LogP contribution in [0.15, 0.2) is 47.3 Å². The van der Waals surface area contributed by atoms with Crippen molar-refractivity contribution in [2.45, 2.75) is 26.3 Å². The van der Waals surface area contributed by atoms with E-state index in [1.54, 1.807) is 30.5 Å². The lowest BCUT2D eigenvalue weighted by atomic mass is 10.2. The minimum absolute atomic E-state index is 0.0284. The van der Waals surface area contributed by atoms with Gasteiger partial charge in [-0.1, -0.05) is 31.5 Å². The Morgan fingerprint density at radius 3 is 2.89 bits per heavy atom. The molecule has 3 aromatic heterocycles. The van der Waals surface area contributed by atoms with Crippen molar-refractivity contribution in [2.24, 2.45) is 0 Å². The molecule has 0 spiro atoms. The first-order chi connectivity index (χ1) is 18.4. The summed E-state index contributed by atoms with van der Waals surface area (Å²) in [6.45, 7) is 7.90. The summed E-state index contributed by atoms with van der Waals surface area (Å²) in [5.41, 5.74) is 8.03. The van der Waals surface area contributed by atoms with E-state index in [0.29, 0.717) is 45.8 Å². The van der Waals surface area contributed by atoms with Gasteiger partial charge in [0.1, 0.15) is 23.3 Å². The van der Waals surface area contributed by atoms with E-state index in [0.717, 1.165) is 26.1 Å². The molecule has 12 heteroatoms. The lowest BCUT2D eigenvalue weighted by Crippen LogP contribution is -2.28. The van der Waals surface area contributed by atoms with Gasteiger partial charge in [0.05, 0.1) is 17.0 Å². The van der Waals surface area contributed by atoms with Gasteiger partial charge in [0.25, 0.3) is 5.91 Å². The number of rotatable bonds is 8. The highest BCUT2D eigenvalue weighted by Crippen LogP contribution is 2.32. The quantitative estimate of drug-likeness (QED) is 0.325. The van der Waals surface area contributed by atoms with Crippen LogP contribution in [0.5, 0.6) is 0 Å². The Hall–Kier alpha value is -3.96. The number of halogens is 1. The minimum Gasteiger partial charge on any atom is -0.423 e. The second-order valence-corrected chi connectivity index (χ2v) is 9.54. The number of aromatic nitrogens is 4. The smallest absolute Gasteiger partial charge is 0.302 e. The number of oxazole rings is 1. The van der Waals surface area contributed by atoms with E-state index in [1.807, 2.05) is 15.5 Å². The summed E-state index contributed by atoms with van der Waals surface area (Å²) in [5.74, 6) is -0.300. The molecular formula is C26H29ClN8O3. The van der Waals surface area contributed by atoms with Crippen LogP contribution in [0.3, 0.4) is 0 Å². The maximum Gasteiger partial charge on any atom is 0.302 e. The third-order valence-electron chi connectivity index (χ3n) is 6.84. The molecule has 0 unspecified atom stereocenters. The number of nitrogens with one attached hydrogen (secondary N) is 1. The highest BCUT2D eigenvalue weighted by atomic mass is 35.5. The fourth-order valence-electron chi connectivity index (χ4n) is 4.74. The van der Waals surface area contributed by atoms with E-state index in [9.17, 15) is 9.59 Å². The molecule has 3 N–H and O–H groups in total. The average Bonchev–Trinajstić information content (AvgIpc) is 3.63. The van der Waals surface area contributed by atoms with Crippen LogP contribution in [0.1, 0.15) is 36.7 Å². The summed E-state index contributed by atoms with van der Waals surface area (Å²) in [5, 5.41) is 3.65. The normalized spacial score (nSPS) is 15.9. The largest absolute Gasteiger partial charge is 0.423 e. The van der Waals surface area contributed by atoms with Crippen LogP contribution < -0.4 is 11.1 Å². The summed E-state index contributed by atoms with van der Waals surface area (Å²) >= 11 is 6.03. The van der Waals surface area contributed by atoms with Crippen molar-refractivity contribution in [3.63, 3.8) is 0 Å². The van der Waals surface area contributed by atoms with Crippen molar-refractivity contribution in [3.8, 4) is 0 Å². The summed E-state index contributed by atoms with van der Waals surface area (Å²) in [6.07, 6.45) is 7.34. The van der Waals surface area contributed by atoms with E-state index in [2.05, 4.69) is 39.0 Å². The Kier molecular flexibility index (Phi) is 7.30. The molecule has 0 saturated carbocycles. The zero-order valence-corrected chi connectivity index (χ0v) is 22.0. The molecule has 4 heterocycles. The van der Waals surface area contributed by atoms with Gasteiger partial charge in [0.15, 0.2) is 5.58 Å². The first kappa shape index (κ1) is 25.7. The molecule has 0 bridgehead atoms. The molecule has 198 valence electrons. The van der Waals surface area contributed by atoms with Gasteiger partial charge in [-0.25, -0.2) is 9.97 Å². The number of likely N-dealkylation sites (N-methyl/N-ethyl adjacent to an activating group) is 1. The second kappa shape index (κ2) is 10.8. The van der Waals surface area contributed by atoms with Crippen molar-refractivity contribution >= 4 is 57.4 Å². The predicted molar refractivity (Wildman–Crippen MR) is 146 cm³/mol. The molecule has 1 atom stereocenters. The average molecular weight is 537 g/mol. The Labute approximate surface area is 224 Å². The number of fused-ring (bicyclic) bond motifs is 2. The van der Waals surface area contributed by atoms with Crippen molar-refractivity contribution in [3.05, 3.63) is 53.5 Å². The van der Waals surface area contributed by atoms with Gasteiger partial charge in [0, 0.05) is 36.9 Å². The van der Waals surface area contributed by atoms with E-state index in [-0.39, 0.29) is 23.8 Å². The molecule has 0 aliphatic carbocycles. The lowest BCUT2D eigenvalue weighted by molar-refractivity contribution is -0.125. The van der Waals surface area contributed by atoms with Crippen molar-refractivity contribution in [2.75, 3.05) is 43.8 Å². The summed E-state index contributed by atoms with van der Waals surface area (Å²) in [4.78, 5) is 42.9. The highest BCUT2D eigenvalue weighted by Gasteiger charge is 2.30. The number of amides is 2. The number of nitrogens with zero attached hydrogens (tertiary/aromatic N) is 6. The molecule has 1 aliphatic heterocycles. The third kappa shape index (κ3) is 5.07. The Balaban J connectivity index is 1.36. The molecule has 0 radical (unpaired) electrons. The van der Waals surface area contributed by atoms with Gasteiger partial charge in [-0.2, -0.15) is 4.98 Å². The second-order valence-electron chi connectivity index (χ2n) is 9.11. The molecule has 1 aromatic carbocycles. The highest BCUT2D eigenvalue weighted by molar-refractivity contribution is 6.31. The molecule has 38 heavy (non-hydrogen) atoms. The standard InChI is InChI=1S/C26H29ClN8O3/c1-3-33(4-2)10-5-6-21(36)34-11-9-17(13-34)35-14-18(22-23(28)29-15-30-24(22)35)25(37)32-26-31-19-12-16(27)7-8-20(19)38-26/h5-8,12,14-15,17H,3-4,9-11,13H2,1-2H3,(H2,28,29,30)(H,31,32,37)/t17-/m1/s1. The summed E-state index contributed by atoms with van der Waals surface area (Å²) in [6, 6.07) is 4.99. The molecule has 2 amide bonds. The van der Waals surface area contributed by atoms with Crippen LogP contribution >= 0.6 is 11.6 Å². The van der Waals surface area contributed by atoms with Gasteiger partial charge in [-0.05, 0) is 37.7 Å². The van der Waals surface area contributed by atoms with Gasteiger partial charge >= 0.3 is 6.01 Å². The van der Waals surface area contributed by atoms with Gasteiger partial charge in [0.2, 0.25) is 5.91 Å². The monoisotopic (exact) mass is 536 g/mol. The first-order valence-electron chi connectivity index (χ1n) is 12.5. The van der Waals surface area contributed by atoms with E-state index in [4.69, 9.17) is 21.8 Å². The molecule has 1 fully saturated rings. The van der Waals surface area contributed by atoms with E-state index >= 15 is 0 Å². The number of hydrogen-bond acceptors (Lipinski definition) is 8. The number of carbonyl (C=O) groups excluding carboxylic acids is 2. The maximum absolute atomic E-state index is 13.3. The fraction of sp³-hybridized carbons (Fsp3) is 0.346. The number of carbonyl (C=O) groups is 2. The third-order valence-corrected chi connectivity index (χ3v) is 7.08. The Morgan fingerprint density at radius 2 is 2.11 bits per heavy atom. The molecule has 5 rings (SSSR count). The SMILES string of the molecule is CCN(CC)CC=CC(=O)N1CC[C@@H](n2cc(C(=O)Nc3nc4cc(Cl)ccc4o3)c3c(N)ncnc32)C1. The van der Waals surface area contributed by atoms with Crippen LogP contribution in [-0.4, -0.2) is 73.9 Å². The van der Waals surface area contributed by atoms with Crippen LogP contribution in [0.2, 0.25) is 5.02 Å². The van der Waals surface area contributed by atoms with Crippen LogP contribution in [0.25, 0.3) is 22.1 Å². The number of benzene rings is 1. The summed E-state index contributed by atoms with van der Waals surface area (Å²) in [7, 11) is 0. The van der Waals surface area contributed by atoms with Crippen LogP contribution in [-0.2, 0) is 4.79 Å². The Bertz CT molecular complexity index is 1520. The minimum atomic E-state index is -0.460. The fourth-order valence-corrected chi connectivity index (χ4v) is 4.90. The van der Waals surface area contributed by atoms with E-state index in [1.165, 1.54) is 6.33 Å². The number of hydrogen-bond donors (Lipinski definition) is 2. The first-order valence-corrected chi connectivity index (χ1v) is 12.9. The molecule has 1 aliphatic rings. The number of anilines is 2. The molecule has 11 nitrogen and oxygen atoms in total. The topological polar surface area (TPSA) is 135 Å². The van der Waals surface area contributed by atoms with Crippen LogP contribution in [0.4, 0.5) is 11.8 Å². The number of nitrogens with two attached hydrogens (primary N) is 1. The van der Waals surface area contributed by atoms with Crippen LogP contribution in [0, 0.1) is 0 Å². The number of nitrogen functional groups attached to an aromatic ring is 1. The van der Waals surface area contributed by atoms with Gasteiger partial charge < -0.3 is 24.5 Å². The molecule has 1 saturated heterocycles. The van der Waals surface area contributed by atoms with Crippen molar-refractivity contribution in [1.82, 2.24) is 29.3 Å². The van der Waals surface area contributed by atoms with Crippen molar-refractivity contribution < 1.29 is 14.0 Å². The molecular weight excluding hydrogens is 508 g/mol. The molecule has 4 aromatic rings. The number of likely N-dealkylation sites (tertiary alicyclic amines) is 1. The summed E-state index contributed by atoms with van der Waals surface area (Å²) < 4.78 is 7.54. The Morgan fingerprint density at radius 1 is 1.29 bits per heavy atom. The zero-order valence-electron chi connectivity index (χ0n) is 21.2. The van der Waals surface area contributed by atoms with E-state index < -0.39 is 5.91 Å². The maximum atomic E-state index is 13.3. The predicted octanol–water partition coefficient (Wildman–Crippen LogP) is 3.73. The zero-order chi connectivity index (χ0) is 26.8. The van der Waals surface area contributed by atoms with Crippen molar-refractivity contribution in [1.29, 1.82) is 0 Å². The van der Waals surface area contributed by atoms with Gasteiger partial charge in [-0.15, -0.1) is 0 Å². The van der Waals surface area contributed by atoms with Gasteiger partial charge in [-0.3, -0.25) is 14.9 Å². The lowest BCUT2D eigenvalue weighted by Gasteiger charge is -2.17.